The molecule has 0 fully saturated rings. The van der Waals surface area contributed by atoms with E-state index in [1.54, 1.807) is 19.2 Å². The molecule has 0 saturated heterocycles. The fourth-order valence-corrected chi connectivity index (χ4v) is 1.80. The van der Waals surface area contributed by atoms with Crippen LogP contribution in [0.2, 0.25) is 5.02 Å². The van der Waals surface area contributed by atoms with Crippen LogP contribution < -0.4 is 15.8 Å². The number of methoxy groups -OCH3 is 1. The van der Waals surface area contributed by atoms with Crippen LogP contribution in [0.5, 0.6) is 5.75 Å². The minimum Gasteiger partial charge on any atom is -0.482 e. The first-order valence-corrected chi connectivity index (χ1v) is 6.86. The third-order valence-electron chi connectivity index (χ3n) is 2.69. The lowest BCUT2D eigenvalue weighted by Gasteiger charge is -2.11. The van der Waals surface area contributed by atoms with E-state index in [-0.39, 0.29) is 18.6 Å². The van der Waals surface area contributed by atoms with E-state index in [0.29, 0.717) is 23.9 Å². The monoisotopic (exact) mass is 300 g/mol. The molecule has 1 atom stereocenters. The summed E-state index contributed by atoms with van der Waals surface area (Å²) < 4.78 is 10.3. The molecule has 3 N–H and O–H groups in total. The van der Waals surface area contributed by atoms with Gasteiger partial charge in [0.25, 0.3) is 5.91 Å². The number of hydrogen-bond acceptors (Lipinski definition) is 4. The van der Waals surface area contributed by atoms with Crippen LogP contribution in [-0.2, 0) is 9.53 Å². The van der Waals surface area contributed by atoms with E-state index >= 15 is 0 Å². The van der Waals surface area contributed by atoms with Crippen LogP contribution in [0.4, 0.5) is 0 Å². The third kappa shape index (κ3) is 5.77. The van der Waals surface area contributed by atoms with Gasteiger partial charge in [0.15, 0.2) is 6.61 Å². The Morgan fingerprint density at radius 1 is 1.50 bits per heavy atom. The Morgan fingerprint density at radius 2 is 2.25 bits per heavy atom. The number of amides is 1. The van der Waals surface area contributed by atoms with Gasteiger partial charge in [-0.05, 0) is 31.0 Å². The lowest BCUT2D eigenvalue weighted by Crippen LogP contribution is -2.30. The summed E-state index contributed by atoms with van der Waals surface area (Å²) in [4.78, 5) is 11.5. The molecule has 20 heavy (non-hydrogen) atoms. The van der Waals surface area contributed by atoms with Crippen molar-refractivity contribution in [3.05, 3.63) is 28.8 Å². The van der Waals surface area contributed by atoms with E-state index in [4.69, 9.17) is 26.8 Å². The number of ether oxygens (including phenoxy) is 2. The SMILES string of the molecule is COCCCNC(=O)COc1ccc(C(C)N)cc1Cl. The average Bonchev–Trinajstić information content (AvgIpc) is 2.42. The van der Waals surface area contributed by atoms with E-state index in [1.807, 2.05) is 13.0 Å². The fraction of sp³-hybridized carbons (Fsp3) is 0.500. The molecular weight excluding hydrogens is 280 g/mol. The van der Waals surface area contributed by atoms with Crippen molar-refractivity contribution in [2.24, 2.45) is 5.73 Å². The molecule has 1 rings (SSSR count). The van der Waals surface area contributed by atoms with Gasteiger partial charge < -0.3 is 20.5 Å². The highest BCUT2D eigenvalue weighted by atomic mass is 35.5. The van der Waals surface area contributed by atoms with Gasteiger partial charge in [0.05, 0.1) is 5.02 Å². The van der Waals surface area contributed by atoms with Crippen molar-refractivity contribution in [3.8, 4) is 5.75 Å². The van der Waals surface area contributed by atoms with E-state index in [9.17, 15) is 4.79 Å². The number of carbonyl (C=O) groups excluding carboxylic acids is 1. The molecule has 6 heteroatoms. The third-order valence-corrected chi connectivity index (χ3v) is 2.98. The van der Waals surface area contributed by atoms with Gasteiger partial charge in [0.1, 0.15) is 5.75 Å². The number of nitrogens with two attached hydrogens (primary N) is 1. The van der Waals surface area contributed by atoms with Crippen molar-refractivity contribution in [1.82, 2.24) is 5.32 Å². The lowest BCUT2D eigenvalue weighted by molar-refractivity contribution is -0.123. The molecule has 5 nitrogen and oxygen atoms in total. The minimum absolute atomic E-state index is 0.0653. The van der Waals surface area contributed by atoms with Crippen molar-refractivity contribution < 1.29 is 14.3 Å². The Morgan fingerprint density at radius 3 is 2.85 bits per heavy atom. The average molecular weight is 301 g/mol. The maximum atomic E-state index is 11.5. The number of rotatable bonds is 8. The van der Waals surface area contributed by atoms with Crippen LogP contribution in [0.1, 0.15) is 24.9 Å². The van der Waals surface area contributed by atoms with E-state index in [1.165, 1.54) is 0 Å². The second kappa shape index (κ2) is 8.79. The van der Waals surface area contributed by atoms with Gasteiger partial charge in [0, 0.05) is 26.3 Å². The lowest BCUT2D eigenvalue weighted by atomic mass is 10.1. The molecule has 1 aromatic carbocycles. The highest BCUT2D eigenvalue weighted by Gasteiger charge is 2.08. The maximum Gasteiger partial charge on any atom is 0.257 e. The molecule has 1 unspecified atom stereocenters. The molecule has 1 amide bonds. The second-order valence-corrected chi connectivity index (χ2v) is 4.87. The summed E-state index contributed by atoms with van der Waals surface area (Å²) in [6.45, 7) is 2.99. The molecule has 0 radical (unpaired) electrons. The second-order valence-electron chi connectivity index (χ2n) is 4.46. The molecule has 112 valence electrons. The Bertz CT molecular complexity index is 438. The molecule has 1 aromatic rings. The van der Waals surface area contributed by atoms with E-state index in [0.717, 1.165) is 12.0 Å². The number of hydrogen-bond donors (Lipinski definition) is 2. The summed E-state index contributed by atoms with van der Waals surface area (Å²) in [5, 5.41) is 3.18. The molecule has 0 aliphatic heterocycles. The quantitative estimate of drug-likeness (QED) is 0.719. The van der Waals surface area contributed by atoms with E-state index in [2.05, 4.69) is 5.32 Å². The number of nitrogens with one attached hydrogen (secondary N) is 1. The molecule has 0 heterocycles. The summed E-state index contributed by atoms with van der Waals surface area (Å²) in [6, 6.07) is 5.21. The smallest absolute Gasteiger partial charge is 0.257 e. The largest absolute Gasteiger partial charge is 0.482 e. The van der Waals surface area contributed by atoms with Crippen molar-refractivity contribution in [1.29, 1.82) is 0 Å². The molecule has 0 aromatic heterocycles. The standard InChI is InChI=1S/C14H21ClN2O3/c1-10(16)11-4-5-13(12(15)8-11)20-9-14(18)17-6-3-7-19-2/h4-5,8,10H,3,6-7,9,16H2,1-2H3,(H,17,18). The van der Waals surface area contributed by atoms with Crippen LogP contribution in [0, 0.1) is 0 Å². The first-order chi connectivity index (χ1) is 9.54. The summed E-state index contributed by atoms with van der Waals surface area (Å²) >= 11 is 6.07. The summed E-state index contributed by atoms with van der Waals surface area (Å²) in [5.74, 6) is 0.288. The Hall–Kier alpha value is -1.30. The molecule has 0 saturated carbocycles. The van der Waals surface area contributed by atoms with Gasteiger partial charge in [-0.15, -0.1) is 0 Å². The number of carbonyl (C=O) groups is 1. The van der Waals surface area contributed by atoms with Crippen LogP contribution in [0.15, 0.2) is 18.2 Å². The van der Waals surface area contributed by atoms with Crippen LogP contribution in [0.3, 0.4) is 0 Å². The zero-order valence-electron chi connectivity index (χ0n) is 11.8. The van der Waals surface area contributed by atoms with Crippen LogP contribution >= 0.6 is 11.6 Å². The molecule has 0 aliphatic rings. The zero-order chi connectivity index (χ0) is 15.0. The van der Waals surface area contributed by atoms with Gasteiger partial charge in [-0.1, -0.05) is 17.7 Å². The molecule has 0 aliphatic carbocycles. The first-order valence-electron chi connectivity index (χ1n) is 6.48. The number of halogens is 1. The van der Waals surface area contributed by atoms with E-state index < -0.39 is 0 Å². The minimum atomic E-state index is -0.187. The maximum absolute atomic E-state index is 11.5. The van der Waals surface area contributed by atoms with Gasteiger partial charge in [-0.25, -0.2) is 0 Å². The van der Waals surface area contributed by atoms with Gasteiger partial charge in [-0.3, -0.25) is 4.79 Å². The fourth-order valence-electron chi connectivity index (χ4n) is 1.56. The topological polar surface area (TPSA) is 73.6 Å². The van der Waals surface area contributed by atoms with Crippen molar-refractivity contribution in [2.75, 3.05) is 26.9 Å². The van der Waals surface area contributed by atoms with Crippen molar-refractivity contribution in [3.63, 3.8) is 0 Å². The molecule has 0 spiro atoms. The van der Waals surface area contributed by atoms with Gasteiger partial charge in [-0.2, -0.15) is 0 Å². The van der Waals surface area contributed by atoms with Gasteiger partial charge >= 0.3 is 0 Å². The van der Waals surface area contributed by atoms with Crippen molar-refractivity contribution >= 4 is 17.5 Å². The van der Waals surface area contributed by atoms with Crippen LogP contribution in [0.25, 0.3) is 0 Å². The zero-order valence-corrected chi connectivity index (χ0v) is 12.6. The number of benzene rings is 1. The summed E-state index contributed by atoms with van der Waals surface area (Å²) in [7, 11) is 1.62. The highest BCUT2D eigenvalue weighted by molar-refractivity contribution is 6.32. The summed E-state index contributed by atoms with van der Waals surface area (Å²) in [5.41, 5.74) is 6.68. The molecular formula is C14H21ClN2O3. The predicted molar refractivity (Wildman–Crippen MR) is 79.1 cm³/mol. The van der Waals surface area contributed by atoms with Crippen molar-refractivity contribution in [2.45, 2.75) is 19.4 Å². The Labute approximate surface area is 124 Å². The highest BCUT2D eigenvalue weighted by Crippen LogP contribution is 2.27. The van der Waals surface area contributed by atoms with Gasteiger partial charge in [0.2, 0.25) is 0 Å². The van der Waals surface area contributed by atoms with Crippen LogP contribution in [-0.4, -0.2) is 32.8 Å². The summed E-state index contributed by atoms with van der Waals surface area (Å²) in [6.07, 6.45) is 0.770. The first kappa shape index (κ1) is 16.8. The normalized spacial score (nSPS) is 12.0. The molecule has 0 bridgehead atoms. The predicted octanol–water partition coefficient (Wildman–Crippen LogP) is 1.89. The Kier molecular flexibility index (Phi) is 7.36. The Balaban J connectivity index is 2.39.